The van der Waals surface area contributed by atoms with E-state index in [-0.39, 0.29) is 19.7 Å². The largest absolute Gasteiger partial charge is 0.465 e. The molecule has 0 radical (unpaired) electrons. The van der Waals surface area contributed by atoms with Crippen LogP contribution in [0.2, 0.25) is 0 Å². The average Bonchev–Trinajstić information content (AvgIpc) is 2.88. The fourth-order valence-electron chi connectivity index (χ4n) is 4.26. The molecule has 3 N–H and O–H groups in total. The van der Waals surface area contributed by atoms with Crippen molar-refractivity contribution in [3.63, 3.8) is 0 Å². The molecule has 4 rings (SSSR count). The van der Waals surface area contributed by atoms with Crippen LogP contribution in [0.3, 0.4) is 0 Å². The molecule has 2 aromatic rings. The lowest BCUT2D eigenvalue weighted by atomic mass is 10.0. The first-order valence-corrected chi connectivity index (χ1v) is 11.7. The lowest BCUT2D eigenvalue weighted by Gasteiger charge is -2.39. The first-order valence-electron chi connectivity index (χ1n) is 11.7. The second-order valence-corrected chi connectivity index (χ2v) is 8.58. The molecule has 2 aliphatic rings. The van der Waals surface area contributed by atoms with E-state index >= 15 is 0 Å². The molecule has 1 saturated heterocycles. The van der Waals surface area contributed by atoms with Crippen molar-refractivity contribution in [2.24, 2.45) is 0 Å². The molecule has 2 atom stereocenters. The van der Waals surface area contributed by atoms with Gasteiger partial charge in [-0.25, -0.2) is 9.59 Å². The Kier molecular flexibility index (Phi) is 7.84. The maximum Gasteiger partial charge on any atom is 0.407 e. The zero-order valence-corrected chi connectivity index (χ0v) is 19.6. The van der Waals surface area contributed by atoms with E-state index in [1.54, 1.807) is 18.2 Å². The van der Waals surface area contributed by atoms with E-state index in [0.29, 0.717) is 25.1 Å². The third-order valence-electron chi connectivity index (χ3n) is 6.08. The van der Waals surface area contributed by atoms with E-state index in [4.69, 9.17) is 4.74 Å². The molecule has 0 unspecified atom stereocenters. The molecule has 188 valence electrons. The van der Waals surface area contributed by atoms with Gasteiger partial charge < -0.3 is 20.5 Å². The Morgan fingerprint density at radius 2 is 1.89 bits per heavy atom. The van der Waals surface area contributed by atoms with Crippen LogP contribution in [0.15, 0.2) is 66.7 Å². The second kappa shape index (κ2) is 11.4. The normalized spacial score (nSPS) is 21.1. The summed E-state index contributed by atoms with van der Waals surface area (Å²) in [7, 11) is 0. The molecular weight excluding hydrogens is 464 g/mol. The van der Waals surface area contributed by atoms with Gasteiger partial charge >= 0.3 is 12.2 Å². The van der Waals surface area contributed by atoms with Crippen molar-refractivity contribution in [1.82, 2.24) is 15.5 Å². The van der Waals surface area contributed by atoms with E-state index in [9.17, 15) is 24.3 Å². The van der Waals surface area contributed by atoms with Crippen molar-refractivity contribution in [2.45, 2.75) is 31.5 Å². The van der Waals surface area contributed by atoms with Gasteiger partial charge in [0.15, 0.2) is 0 Å². The summed E-state index contributed by atoms with van der Waals surface area (Å²) in [6.07, 6.45) is 3.00. The lowest BCUT2D eigenvalue weighted by molar-refractivity contribution is -0.129. The minimum absolute atomic E-state index is 0.132. The van der Waals surface area contributed by atoms with E-state index in [2.05, 4.69) is 10.6 Å². The van der Waals surface area contributed by atoms with Crippen LogP contribution in [0.25, 0.3) is 0 Å². The molecule has 4 amide bonds. The van der Waals surface area contributed by atoms with Gasteiger partial charge in [-0.1, -0.05) is 54.6 Å². The molecule has 10 nitrogen and oxygen atoms in total. The number of hydrogen-bond donors (Lipinski definition) is 3. The third-order valence-corrected chi connectivity index (χ3v) is 6.08. The first-order chi connectivity index (χ1) is 17.4. The van der Waals surface area contributed by atoms with Crippen molar-refractivity contribution in [3.8, 4) is 0 Å². The Morgan fingerprint density at radius 1 is 1.08 bits per heavy atom. The van der Waals surface area contributed by atoms with Crippen molar-refractivity contribution < 1.29 is 29.0 Å². The van der Waals surface area contributed by atoms with Crippen molar-refractivity contribution in [1.29, 1.82) is 0 Å². The summed E-state index contributed by atoms with van der Waals surface area (Å²) in [6, 6.07) is 14.9. The number of amides is 4. The van der Waals surface area contributed by atoms with Gasteiger partial charge in [-0.3, -0.25) is 19.4 Å². The number of carboxylic acid groups (broad SMARTS) is 1. The number of nitrogens with one attached hydrogen (secondary N) is 2. The highest BCUT2D eigenvalue weighted by Gasteiger charge is 2.39. The number of alkyl carbamates (subject to hydrolysis) is 1. The zero-order valence-electron chi connectivity index (χ0n) is 19.6. The highest BCUT2D eigenvalue weighted by Crippen LogP contribution is 2.27. The van der Waals surface area contributed by atoms with Crippen LogP contribution in [-0.4, -0.2) is 59.7 Å². The fraction of sp³-hybridized carbons (Fsp3) is 0.308. The zero-order chi connectivity index (χ0) is 25.5. The summed E-state index contributed by atoms with van der Waals surface area (Å²) in [5.41, 5.74) is 2.04. The molecule has 2 aliphatic heterocycles. The van der Waals surface area contributed by atoms with Gasteiger partial charge in [0, 0.05) is 12.2 Å². The van der Waals surface area contributed by atoms with Crippen LogP contribution in [0, 0.1) is 0 Å². The molecule has 2 heterocycles. The van der Waals surface area contributed by atoms with Crippen LogP contribution in [-0.2, 0) is 20.9 Å². The number of carbonyl (C=O) groups is 4. The number of rotatable bonds is 3. The number of fused-ring (bicyclic) bond motifs is 4. The molecular formula is C26H28N4O6. The Morgan fingerprint density at radius 3 is 2.67 bits per heavy atom. The lowest BCUT2D eigenvalue weighted by Crippen LogP contribution is -2.62. The number of ether oxygens (including phenoxy) is 1. The van der Waals surface area contributed by atoms with Gasteiger partial charge in [-0.05, 0) is 36.1 Å². The van der Waals surface area contributed by atoms with E-state index < -0.39 is 36.1 Å². The molecule has 2 bridgehead atoms. The van der Waals surface area contributed by atoms with Gasteiger partial charge in [0.2, 0.25) is 11.8 Å². The molecule has 10 heteroatoms. The minimum Gasteiger partial charge on any atom is -0.465 e. The number of anilines is 1. The molecule has 0 aliphatic carbocycles. The van der Waals surface area contributed by atoms with E-state index in [1.165, 1.54) is 4.90 Å². The maximum absolute atomic E-state index is 13.0. The SMILES string of the molecule is O=C(N[C@H]1C/C=C/CCNC(=O)[C@@H]2CN(C(=O)O)CC(=O)N2c2cccc1c2)OCc1ccccc1. The predicted octanol–water partition coefficient (Wildman–Crippen LogP) is 2.82. The van der Waals surface area contributed by atoms with Crippen LogP contribution >= 0.6 is 0 Å². The molecule has 2 aromatic carbocycles. The van der Waals surface area contributed by atoms with Gasteiger partial charge in [0.1, 0.15) is 19.2 Å². The molecule has 0 spiro atoms. The van der Waals surface area contributed by atoms with E-state index in [1.807, 2.05) is 48.6 Å². The van der Waals surface area contributed by atoms with Gasteiger partial charge in [-0.15, -0.1) is 0 Å². The fourth-order valence-corrected chi connectivity index (χ4v) is 4.26. The standard InChI is InChI=1S/C26H28N4O6/c31-23-16-29(26(34)35)15-22-24(32)27-13-6-2-5-12-21(19-10-7-11-20(14-19)30(22)23)28-25(33)36-17-18-8-3-1-4-9-18/h1-5,7-11,14,21-22H,6,12-13,15-17H2,(H,27,32)(H,28,33)(H,34,35)/b5-2+/t21-,22-/m0/s1. The molecule has 0 aromatic heterocycles. The summed E-state index contributed by atoms with van der Waals surface area (Å²) in [5.74, 6) is -0.924. The quantitative estimate of drug-likeness (QED) is 0.566. The highest BCUT2D eigenvalue weighted by molar-refractivity contribution is 6.04. The number of carbonyl (C=O) groups excluding carboxylic acids is 3. The van der Waals surface area contributed by atoms with Crippen LogP contribution in [0.5, 0.6) is 0 Å². The summed E-state index contributed by atoms with van der Waals surface area (Å²) < 4.78 is 5.39. The summed E-state index contributed by atoms with van der Waals surface area (Å²) in [4.78, 5) is 52.3. The number of nitrogens with zero attached hydrogens (tertiary/aromatic N) is 2. The maximum atomic E-state index is 13.0. The Balaban J connectivity index is 1.59. The first kappa shape index (κ1) is 24.8. The van der Waals surface area contributed by atoms with E-state index in [0.717, 1.165) is 16.0 Å². The summed E-state index contributed by atoms with van der Waals surface area (Å²) in [5, 5.41) is 15.1. The average molecular weight is 493 g/mol. The van der Waals surface area contributed by atoms with Gasteiger partial charge in [-0.2, -0.15) is 0 Å². The van der Waals surface area contributed by atoms with Crippen molar-refractivity contribution in [2.75, 3.05) is 24.5 Å². The summed E-state index contributed by atoms with van der Waals surface area (Å²) >= 11 is 0. The van der Waals surface area contributed by atoms with Gasteiger partial charge in [0.05, 0.1) is 12.6 Å². The van der Waals surface area contributed by atoms with Crippen LogP contribution < -0.4 is 15.5 Å². The topological polar surface area (TPSA) is 128 Å². The number of hydrogen-bond acceptors (Lipinski definition) is 5. The number of benzene rings is 2. The minimum atomic E-state index is -1.26. The highest BCUT2D eigenvalue weighted by atomic mass is 16.5. The monoisotopic (exact) mass is 492 g/mol. The van der Waals surface area contributed by atoms with Crippen LogP contribution in [0.4, 0.5) is 15.3 Å². The molecule has 0 saturated carbocycles. The Bertz CT molecular complexity index is 1150. The predicted molar refractivity (Wildman–Crippen MR) is 131 cm³/mol. The Hall–Kier alpha value is -4.34. The third kappa shape index (κ3) is 6.01. The van der Waals surface area contributed by atoms with Crippen molar-refractivity contribution in [3.05, 3.63) is 77.9 Å². The molecule has 36 heavy (non-hydrogen) atoms. The van der Waals surface area contributed by atoms with Crippen LogP contribution in [0.1, 0.15) is 30.0 Å². The van der Waals surface area contributed by atoms with Crippen molar-refractivity contribution >= 4 is 29.7 Å². The molecule has 1 fully saturated rings. The summed E-state index contributed by atoms with van der Waals surface area (Å²) in [6.45, 7) is -0.0261. The number of piperazine rings is 1. The van der Waals surface area contributed by atoms with Gasteiger partial charge in [0.25, 0.3) is 0 Å². The Labute approximate surface area is 208 Å². The second-order valence-electron chi connectivity index (χ2n) is 8.58. The smallest absolute Gasteiger partial charge is 0.407 e.